The molecule has 1 aliphatic heterocycles. The van der Waals surface area contributed by atoms with Gasteiger partial charge < -0.3 is 5.32 Å². The summed E-state index contributed by atoms with van der Waals surface area (Å²) in [5, 5.41) is 3.49. The van der Waals surface area contributed by atoms with Gasteiger partial charge in [0, 0.05) is 54.0 Å². The molecule has 0 bridgehead atoms. The van der Waals surface area contributed by atoms with E-state index in [1.807, 2.05) is 6.07 Å². The summed E-state index contributed by atoms with van der Waals surface area (Å²) >= 11 is 7.49. The Bertz CT molecular complexity index is 1210. The zero-order chi connectivity index (χ0) is 26.3. The second kappa shape index (κ2) is 12.2. The van der Waals surface area contributed by atoms with E-state index in [0.717, 1.165) is 35.7 Å². The second-order valence-corrected chi connectivity index (χ2v) is 9.30. The molecule has 3 aromatic heterocycles. The predicted molar refractivity (Wildman–Crippen MR) is 131 cm³/mol. The molecule has 1 saturated heterocycles. The third-order valence-corrected chi connectivity index (χ3v) is 6.75. The molecule has 7 nitrogen and oxygen atoms in total. The standard InChI is InChI=1S/C22H20ClF3N6OS.C2H2/c1-13-2-3-19(32(13)34-17-7-16(23)11-27-12-17)20(33)29-8-14-4-5-28-18(6-14)15-9-30-21(31-10-15)22(24,25)26;1-2/h4-7,9-13,19H,2-3,8H2,1H3,(H,29,33);1-2H/t13-,19-;/m0./s1. The summed E-state index contributed by atoms with van der Waals surface area (Å²) in [5.74, 6) is -1.32. The van der Waals surface area contributed by atoms with Gasteiger partial charge >= 0.3 is 6.18 Å². The van der Waals surface area contributed by atoms with Gasteiger partial charge in [0.15, 0.2) is 0 Å². The molecule has 4 rings (SSSR count). The molecule has 188 valence electrons. The van der Waals surface area contributed by atoms with Gasteiger partial charge in [0.05, 0.1) is 16.8 Å². The molecule has 4 heterocycles. The van der Waals surface area contributed by atoms with Crippen LogP contribution >= 0.6 is 23.5 Å². The summed E-state index contributed by atoms with van der Waals surface area (Å²) in [4.78, 5) is 28.8. The minimum atomic E-state index is -4.61. The summed E-state index contributed by atoms with van der Waals surface area (Å²) in [6.45, 7) is 2.32. The van der Waals surface area contributed by atoms with Crippen LogP contribution in [0.2, 0.25) is 5.02 Å². The first kappa shape index (κ1) is 27.4. The number of amides is 1. The number of carbonyl (C=O) groups excluding carboxylic acids is 1. The zero-order valence-corrected chi connectivity index (χ0v) is 20.7. The number of rotatable bonds is 6. The number of carbonyl (C=O) groups is 1. The first-order chi connectivity index (χ1) is 17.2. The van der Waals surface area contributed by atoms with Crippen molar-refractivity contribution in [3.63, 3.8) is 0 Å². The van der Waals surface area contributed by atoms with Gasteiger partial charge in [-0.05, 0) is 55.5 Å². The van der Waals surface area contributed by atoms with Crippen molar-refractivity contribution in [1.29, 1.82) is 0 Å². The van der Waals surface area contributed by atoms with Gasteiger partial charge in [-0.1, -0.05) is 11.6 Å². The molecule has 1 fully saturated rings. The average Bonchev–Trinajstić information content (AvgIpc) is 3.23. The van der Waals surface area contributed by atoms with Crippen molar-refractivity contribution in [2.45, 2.75) is 49.5 Å². The van der Waals surface area contributed by atoms with Crippen LogP contribution in [-0.2, 0) is 17.5 Å². The van der Waals surface area contributed by atoms with E-state index >= 15 is 0 Å². The van der Waals surface area contributed by atoms with E-state index in [1.165, 1.54) is 18.1 Å². The molecule has 2 atom stereocenters. The van der Waals surface area contributed by atoms with Crippen molar-refractivity contribution in [3.8, 4) is 24.1 Å². The number of pyridine rings is 2. The van der Waals surface area contributed by atoms with E-state index in [1.54, 1.807) is 24.5 Å². The monoisotopic (exact) mass is 534 g/mol. The fourth-order valence-corrected chi connectivity index (χ4v) is 4.96. The lowest BCUT2D eigenvalue weighted by Gasteiger charge is -2.26. The Hall–Kier alpha value is -3.20. The molecule has 1 amide bonds. The lowest BCUT2D eigenvalue weighted by molar-refractivity contribution is -0.145. The van der Waals surface area contributed by atoms with Crippen LogP contribution in [0.3, 0.4) is 0 Å². The number of nitrogens with zero attached hydrogens (tertiary/aromatic N) is 5. The van der Waals surface area contributed by atoms with E-state index in [9.17, 15) is 18.0 Å². The minimum absolute atomic E-state index is 0.108. The number of aromatic nitrogens is 4. The third-order valence-electron chi connectivity index (χ3n) is 5.28. The van der Waals surface area contributed by atoms with Gasteiger partial charge in [-0.3, -0.25) is 14.8 Å². The largest absolute Gasteiger partial charge is 0.451 e. The van der Waals surface area contributed by atoms with E-state index in [-0.39, 0.29) is 24.5 Å². The van der Waals surface area contributed by atoms with Gasteiger partial charge in [-0.15, -0.1) is 12.8 Å². The van der Waals surface area contributed by atoms with Crippen molar-refractivity contribution in [2.24, 2.45) is 0 Å². The van der Waals surface area contributed by atoms with Crippen LogP contribution in [-0.4, -0.2) is 42.2 Å². The first-order valence-corrected chi connectivity index (χ1v) is 11.9. The molecule has 0 aromatic carbocycles. The highest BCUT2D eigenvalue weighted by molar-refractivity contribution is 7.97. The predicted octanol–water partition coefficient (Wildman–Crippen LogP) is 5.03. The summed E-state index contributed by atoms with van der Waals surface area (Å²) in [7, 11) is 0. The summed E-state index contributed by atoms with van der Waals surface area (Å²) in [5.41, 5.74) is 1.52. The maximum absolute atomic E-state index is 13.0. The topological polar surface area (TPSA) is 83.9 Å². The zero-order valence-electron chi connectivity index (χ0n) is 19.1. The molecule has 0 saturated carbocycles. The Labute approximate surface area is 216 Å². The van der Waals surface area contributed by atoms with E-state index in [2.05, 4.69) is 49.3 Å². The number of terminal acetylenes is 1. The maximum Gasteiger partial charge on any atom is 0.451 e. The molecule has 0 aliphatic carbocycles. The fraction of sp³-hybridized carbons (Fsp3) is 0.292. The van der Waals surface area contributed by atoms with Crippen LogP contribution in [0.5, 0.6) is 0 Å². The van der Waals surface area contributed by atoms with Crippen molar-refractivity contribution < 1.29 is 18.0 Å². The van der Waals surface area contributed by atoms with Crippen LogP contribution in [0.15, 0.2) is 54.1 Å². The van der Waals surface area contributed by atoms with E-state index < -0.39 is 12.0 Å². The number of alkyl halides is 3. The number of halogens is 4. The van der Waals surface area contributed by atoms with Crippen molar-refractivity contribution in [2.75, 3.05) is 0 Å². The highest BCUT2D eigenvalue weighted by Gasteiger charge is 2.36. The van der Waals surface area contributed by atoms with Gasteiger partial charge in [-0.2, -0.15) is 13.2 Å². The Kier molecular flexibility index (Phi) is 9.25. The first-order valence-electron chi connectivity index (χ1n) is 10.7. The molecule has 0 radical (unpaired) electrons. The van der Waals surface area contributed by atoms with Crippen LogP contribution in [0.1, 0.15) is 31.2 Å². The van der Waals surface area contributed by atoms with Gasteiger partial charge in [0.1, 0.15) is 0 Å². The molecule has 12 heteroatoms. The van der Waals surface area contributed by atoms with Gasteiger partial charge in [0.2, 0.25) is 11.7 Å². The van der Waals surface area contributed by atoms with Crippen molar-refractivity contribution >= 4 is 29.5 Å². The Morgan fingerprint density at radius 2 is 1.89 bits per heavy atom. The van der Waals surface area contributed by atoms with E-state index in [4.69, 9.17) is 11.6 Å². The minimum Gasteiger partial charge on any atom is -0.351 e. The second-order valence-electron chi connectivity index (χ2n) is 7.79. The normalized spacial score (nSPS) is 17.8. The van der Waals surface area contributed by atoms with Gasteiger partial charge in [-0.25, -0.2) is 14.3 Å². The number of hydrogen-bond acceptors (Lipinski definition) is 7. The van der Waals surface area contributed by atoms with Crippen LogP contribution in [0, 0.1) is 12.8 Å². The van der Waals surface area contributed by atoms with Crippen molar-refractivity contribution in [1.82, 2.24) is 29.6 Å². The highest BCUT2D eigenvalue weighted by atomic mass is 35.5. The third kappa shape index (κ3) is 6.94. The molecule has 0 spiro atoms. The Morgan fingerprint density at radius 1 is 1.17 bits per heavy atom. The quantitative estimate of drug-likeness (QED) is 0.351. The summed E-state index contributed by atoms with van der Waals surface area (Å²) in [6.07, 6.45) is 12.0. The SMILES string of the molecule is C#C.C[C@H]1CC[C@@H](C(=O)NCc2ccnc(-c3cnc(C(F)(F)F)nc3)c2)N1Sc1cncc(Cl)c1. The molecular weight excluding hydrogens is 513 g/mol. The van der Waals surface area contributed by atoms with Crippen LogP contribution in [0.25, 0.3) is 11.3 Å². The van der Waals surface area contributed by atoms with Crippen LogP contribution in [0.4, 0.5) is 13.2 Å². The molecular formula is C24H22ClF3N6OS. The molecule has 3 aromatic rings. The van der Waals surface area contributed by atoms with E-state index in [0.29, 0.717) is 16.3 Å². The number of nitrogens with one attached hydrogen (secondary N) is 1. The fourth-order valence-electron chi connectivity index (χ4n) is 3.58. The Morgan fingerprint density at radius 3 is 2.56 bits per heavy atom. The summed E-state index contributed by atoms with van der Waals surface area (Å²) < 4.78 is 40.1. The highest BCUT2D eigenvalue weighted by Crippen LogP contribution is 2.36. The van der Waals surface area contributed by atoms with Gasteiger partial charge in [0.25, 0.3) is 0 Å². The molecule has 0 unspecified atom stereocenters. The smallest absolute Gasteiger partial charge is 0.351 e. The lowest BCUT2D eigenvalue weighted by atomic mass is 10.1. The molecule has 1 N–H and O–H groups in total. The molecule has 1 aliphatic rings. The molecule has 36 heavy (non-hydrogen) atoms. The lowest BCUT2D eigenvalue weighted by Crippen LogP contribution is -2.41. The van der Waals surface area contributed by atoms with Crippen LogP contribution < -0.4 is 5.32 Å². The maximum atomic E-state index is 13.0. The Balaban J connectivity index is 0.00000176. The number of hydrogen-bond donors (Lipinski definition) is 1. The average molecular weight is 535 g/mol. The summed E-state index contributed by atoms with van der Waals surface area (Å²) in [6, 6.07) is 5.11. The van der Waals surface area contributed by atoms with Crippen molar-refractivity contribution in [3.05, 3.63) is 65.6 Å².